The summed E-state index contributed by atoms with van der Waals surface area (Å²) in [4.78, 5) is 11.6. The van der Waals surface area contributed by atoms with Crippen LogP contribution in [0.15, 0.2) is 70.8 Å². The molecule has 0 radical (unpaired) electrons. The summed E-state index contributed by atoms with van der Waals surface area (Å²) in [5, 5.41) is 8.62. The SMILES string of the molecule is NC1=NC(c2cn(-c3ccccc3)nc2-c2ccc(Cl)cc2)N=C(N2CCOCC2)N1. The number of rotatable bonds is 3. The zero-order valence-corrected chi connectivity index (χ0v) is 17.5. The lowest BCUT2D eigenvalue weighted by Crippen LogP contribution is -2.52. The summed E-state index contributed by atoms with van der Waals surface area (Å²) < 4.78 is 7.30. The third kappa shape index (κ3) is 4.12. The van der Waals surface area contributed by atoms with E-state index in [9.17, 15) is 0 Å². The Hall–Kier alpha value is -3.36. The molecule has 0 saturated carbocycles. The van der Waals surface area contributed by atoms with E-state index in [0.717, 1.165) is 35.6 Å². The van der Waals surface area contributed by atoms with Gasteiger partial charge in [-0.15, -0.1) is 0 Å². The van der Waals surface area contributed by atoms with Gasteiger partial charge in [-0.05, 0) is 24.3 Å². The van der Waals surface area contributed by atoms with E-state index in [-0.39, 0.29) is 0 Å². The molecule has 1 atom stereocenters. The van der Waals surface area contributed by atoms with Gasteiger partial charge in [0.05, 0.1) is 18.9 Å². The molecular formula is C22H22ClN7O. The van der Waals surface area contributed by atoms with Crippen molar-refractivity contribution in [1.82, 2.24) is 20.0 Å². The molecule has 1 fully saturated rings. The second-order valence-corrected chi connectivity index (χ2v) is 7.72. The summed E-state index contributed by atoms with van der Waals surface area (Å²) in [6.45, 7) is 2.81. The highest BCUT2D eigenvalue weighted by Gasteiger charge is 2.26. The van der Waals surface area contributed by atoms with Gasteiger partial charge < -0.3 is 15.4 Å². The monoisotopic (exact) mass is 435 g/mol. The van der Waals surface area contributed by atoms with Gasteiger partial charge in [-0.25, -0.2) is 14.7 Å². The van der Waals surface area contributed by atoms with Crippen molar-refractivity contribution in [2.75, 3.05) is 26.3 Å². The lowest BCUT2D eigenvalue weighted by atomic mass is 10.1. The molecule has 0 spiro atoms. The molecule has 3 heterocycles. The number of aromatic nitrogens is 2. The van der Waals surface area contributed by atoms with Crippen molar-refractivity contribution in [2.24, 2.45) is 15.7 Å². The van der Waals surface area contributed by atoms with Crippen molar-refractivity contribution in [3.8, 4) is 16.9 Å². The Morgan fingerprint density at radius 2 is 1.74 bits per heavy atom. The third-order valence-corrected chi connectivity index (χ3v) is 5.47. The minimum atomic E-state index is -0.512. The summed E-state index contributed by atoms with van der Waals surface area (Å²) in [5.74, 6) is 1.03. The molecule has 1 aromatic heterocycles. The summed E-state index contributed by atoms with van der Waals surface area (Å²) >= 11 is 6.10. The predicted molar refractivity (Wildman–Crippen MR) is 121 cm³/mol. The Morgan fingerprint density at radius 1 is 1.00 bits per heavy atom. The van der Waals surface area contributed by atoms with Crippen LogP contribution in [0, 0.1) is 0 Å². The summed E-state index contributed by atoms with van der Waals surface area (Å²) in [7, 11) is 0. The molecule has 158 valence electrons. The summed E-state index contributed by atoms with van der Waals surface area (Å²) in [6, 6.07) is 17.5. The van der Waals surface area contributed by atoms with E-state index in [1.54, 1.807) is 0 Å². The average molecular weight is 436 g/mol. The fourth-order valence-corrected chi connectivity index (χ4v) is 3.78. The smallest absolute Gasteiger partial charge is 0.203 e. The van der Waals surface area contributed by atoms with Gasteiger partial charge in [-0.3, -0.25) is 5.32 Å². The van der Waals surface area contributed by atoms with Crippen molar-refractivity contribution in [1.29, 1.82) is 0 Å². The average Bonchev–Trinajstić information content (AvgIpc) is 3.26. The minimum Gasteiger partial charge on any atom is -0.378 e. The number of morpholine rings is 1. The first-order chi connectivity index (χ1) is 15.2. The number of benzene rings is 2. The highest BCUT2D eigenvalue weighted by Crippen LogP contribution is 2.32. The Kier molecular flexibility index (Phi) is 5.31. The van der Waals surface area contributed by atoms with Gasteiger partial charge >= 0.3 is 0 Å². The van der Waals surface area contributed by atoms with Crippen LogP contribution in [0.4, 0.5) is 0 Å². The number of hydrogen-bond donors (Lipinski definition) is 2. The zero-order chi connectivity index (χ0) is 21.2. The number of halogens is 1. The standard InChI is InChI=1S/C22H22ClN7O/c23-16-8-6-15(7-9-16)19-18(14-30(28-19)17-4-2-1-3-5-17)20-25-21(24)27-22(26-20)29-10-12-31-13-11-29/h1-9,14,20H,10-13H2,(H3,24,25,26,27). The van der Waals surface area contributed by atoms with Crippen molar-refractivity contribution >= 4 is 23.5 Å². The molecular weight excluding hydrogens is 414 g/mol. The van der Waals surface area contributed by atoms with Crippen LogP contribution < -0.4 is 11.1 Å². The van der Waals surface area contributed by atoms with Gasteiger partial charge in [-0.1, -0.05) is 41.9 Å². The fourth-order valence-electron chi connectivity index (χ4n) is 3.65. The predicted octanol–water partition coefficient (Wildman–Crippen LogP) is 2.80. The van der Waals surface area contributed by atoms with Crippen LogP contribution in [0.3, 0.4) is 0 Å². The van der Waals surface area contributed by atoms with Crippen LogP contribution >= 0.6 is 11.6 Å². The molecule has 3 aromatic rings. The molecule has 31 heavy (non-hydrogen) atoms. The van der Waals surface area contributed by atoms with Gasteiger partial charge in [-0.2, -0.15) is 5.10 Å². The number of hydrogen-bond acceptors (Lipinski definition) is 7. The first kappa shape index (κ1) is 19.6. The lowest BCUT2D eigenvalue weighted by molar-refractivity contribution is 0.0667. The molecule has 2 aromatic carbocycles. The third-order valence-electron chi connectivity index (χ3n) is 5.22. The van der Waals surface area contributed by atoms with Crippen LogP contribution in [0.5, 0.6) is 0 Å². The van der Waals surface area contributed by atoms with Crippen LogP contribution in [-0.4, -0.2) is 52.9 Å². The van der Waals surface area contributed by atoms with Gasteiger partial charge in [0, 0.05) is 35.4 Å². The van der Waals surface area contributed by atoms with E-state index in [1.807, 2.05) is 65.5 Å². The number of aliphatic imine (C=N–C) groups is 2. The molecule has 0 aliphatic carbocycles. The summed E-state index contributed by atoms with van der Waals surface area (Å²) in [6.07, 6.45) is 1.45. The molecule has 9 heteroatoms. The minimum absolute atomic E-state index is 0.330. The molecule has 0 bridgehead atoms. The molecule has 0 amide bonds. The number of para-hydroxylation sites is 1. The quantitative estimate of drug-likeness (QED) is 0.659. The molecule has 1 unspecified atom stereocenters. The van der Waals surface area contributed by atoms with Crippen LogP contribution in [-0.2, 0) is 4.74 Å². The van der Waals surface area contributed by atoms with Gasteiger partial charge in [0.1, 0.15) is 5.69 Å². The Bertz CT molecular complexity index is 1120. The maximum atomic E-state index is 6.14. The largest absolute Gasteiger partial charge is 0.378 e. The topological polar surface area (TPSA) is 93.1 Å². The molecule has 5 rings (SSSR count). The Morgan fingerprint density at radius 3 is 2.48 bits per heavy atom. The Balaban J connectivity index is 1.59. The number of nitrogens with one attached hydrogen (secondary N) is 1. The van der Waals surface area contributed by atoms with Crippen molar-refractivity contribution in [3.63, 3.8) is 0 Å². The van der Waals surface area contributed by atoms with E-state index in [1.165, 1.54) is 0 Å². The second kappa shape index (κ2) is 8.41. The van der Waals surface area contributed by atoms with E-state index >= 15 is 0 Å². The van der Waals surface area contributed by atoms with E-state index in [2.05, 4.69) is 15.2 Å². The first-order valence-corrected chi connectivity index (χ1v) is 10.5. The van der Waals surface area contributed by atoms with Crippen molar-refractivity contribution in [2.45, 2.75) is 6.17 Å². The van der Waals surface area contributed by atoms with Gasteiger partial charge in [0.15, 0.2) is 12.1 Å². The molecule has 2 aliphatic heterocycles. The molecule has 2 aliphatic rings. The van der Waals surface area contributed by atoms with E-state index in [4.69, 9.17) is 32.2 Å². The number of ether oxygens (including phenoxy) is 1. The maximum Gasteiger partial charge on any atom is 0.203 e. The molecule has 3 N–H and O–H groups in total. The first-order valence-electron chi connectivity index (χ1n) is 10.1. The lowest BCUT2D eigenvalue weighted by Gasteiger charge is -2.32. The molecule has 1 saturated heterocycles. The zero-order valence-electron chi connectivity index (χ0n) is 16.8. The normalized spacial score (nSPS) is 18.9. The van der Waals surface area contributed by atoms with E-state index in [0.29, 0.717) is 30.2 Å². The molecule has 8 nitrogen and oxygen atoms in total. The fraction of sp³-hybridized carbons (Fsp3) is 0.227. The maximum absolute atomic E-state index is 6.14. The van der Waals surface area contributed by atoms with Crippen molar-refractivity contribution in [3.05, 3.63) is 71.4 Å². The van der Waals surface area contributed by atoms with Crippen LogP contribution in [0.1, 0.15) is 11.7 Å². The van der Waals surface area contributed by atoms with Gasteiger partial charge in [0.2, 0.25) is 5.96 Å². The number of nitrogens with zero attached hydrogens (tertiary/aromatic N) is 5. The Labute approximate surface area is 185 Å². The number of guanidine groups is 2. The highest BCUT2D eigenvalue weighted by atomic mass is 35.5. The van der Waals surface area contributed by atoms with E-state index < -0.39 is 6.17 Å². The van der Waals surface area contributed by atoms with Crippen LogP contribution in [0.2, 0.25) is 5.02 Å². The highest BCUT2D eigenvalue weighted by molar-refractivity contribution is 6.30. The summed E-state index contributed by atoms with van der Waals surface area (Å²) in [5.41, 5.74) is 9.68. The second-order valence-electron chi connectivity index (χ2n) is 7.29. The van der Waals surface area contributed by atoms with Crippen molar-refractivity contribution < 1.29 is 4.74 Å². The van der Waals surface area contributed by atoms with Gasteiger partial charge in [0.25, 0.3) is 0 Å². The number of nitrogens with two attached hydrogens (primary N) is 1. The van der Waals surface area contributed by atoms with Crippen LogP contribution in [0.25, 0.3) is 16.9 Å².